The first-order chi connectivity index (χ1) is 11.2. The van der Waals surface area contributed by atoms with Crippen molar-refractivity contribution in [2.24, 2.45) is 0 Å². The molecule has 0 spiro atoms. The number of anilines is 1. The lowest BCUT2D eigenvalue weighted by Gasteiger charge is -2.30. The summed E-state index contributed by atoms with van der Waals surface area (Å²) in [5.74, 6) is 1.44. The molecule has 1 amide bonds. The first-order valence-electron chi connectivity index (χ1n) is 8.59. The minimum Gasteiger partial charge on any atom is -0.380 e. The summed E-state index contributed by atoms with van der Waals surface area (Å²) in [6.45, 7) is 3.50. The number of carbonyl (C=O) groups excluding carboxylic acids is 1. The van der Waals surface area contributed by atoms with Crippen molar-refractivity contribution in [3.8, 4) is 0 Å². The number of likely N-dealkylation sites (tertiary alicyclic amines) is 1. The molecule has 1 aromatic carbocycles. The fourth-order valence-electron chi connectivity index (χ4n) is 3.28. The van der Waals surface area contributed by atoms with Crippen LogP contribution in [0.5, 0.6) is 0 Å². The fraction of sp³-hybridized carbons (Fsp3) is 0.611. The van der Waals surface area contributed by atoms with Crippen LogP contribution in [0.1, 0.15) is 31.2 Å². The molecule has 0 atom stereocenters. The molecule has 2 N–H and O–H groups in total. The number of carbonyl (C=O) groups is 1. The fourth-order valence-corrected chi connectivity index (χ4v) is 4.45. The van der Waals surface area contributed by atoms with Gasteiger partial charge in [0.25, 0.3) is 5.91 Å². The van der Waals surface area contributed by atoms with E-state index in [1.54, 1.807) is 11.8 Å². The van der Waals surface area contributed by atoms with Crippen LogP contribution in [0, 0.1) is 0 Å². The zero-order chi connectivity index (χ0) is 16.1. The molecule has 0 unspecified atom stereocenters. The number of nitrogens with zero attached hydrogens (tertiary/aromatic N) is 1. The van der Waals surface area contributed by atoms with Crippen molar-refractivity contribution in [2.45, 2.75) is 37.7 Å². The summed E-state index contributed by atoms with van der Waals surface area (Å²) in [6.07, 6.45) is 4.71. The Bertz CT molecular complexity index is 538. The first-order valence-corrected chi connectivity index (χ1v) is 9.74. The summed E-state index contributed by atoms with van der Waals surface area (Å²) in [7, 11) is 0. The molecule has 1 aromatic rings. The predicted octanol–water partition coefficient (Wildman–Crippen LogP) is 2.52. The Balaban J connectivity index is 1.57. The average molecular weight is 334 g/mol. The number of rotatable bonds is 5. The van der Waals surface area contributed by atoms with Gasteiger partial charge in [0.15, 0.2) is 0 Å². The van der Waals surface area contributed by atoms with E-state index in [4.69, 9.17) is 0 Å². The molecule has 0 aromatic heterocycles. The third-order valence-electron chi connectivity index (χ3n) is 4.84. The summed E-state index contributed by atoms with van der Waals surface area (Å²) < 4.78 is 0. The topological polar surface area (TPSA) is 52.6 Å². The lowest BCUT2D eigenvalue weighted by Crippen LogP contribution is -2.45. The van der Waals surface area contributed by atoms with Gasteiger partial charge < -0.3 is 15.3 Å². The molecule has 2 heterocycles. The molecule has 3 rings (SSSR count). The molecule has 126 valence electrons. The summed E-state index contributed by atoms with van der Waals surface area (Å²) in [5.41, 5.74) is 0.832. The number of nitrogens with one attached hydrogen (secondary N) is 1. The van der Waals surface area contributed by atoms with E-state index in [2.05, 4.69) is 16.3 Å². The van der Waals surface area contributed by atoms with E-state index in [-0.39, 0.29) is 5.91 Å². The molecule has 0 aliphatic carbocycles. The van der Waals surface area contributed by atoms with Gasteiger partial charge in [0.05, 0.1) is 0 Å². The molecule has 23 heavy (non-hydrogen) atoms. The van der Waals surface area contributed by atoms with Crippen molar-refractivity contribution in [3.05, 3.63) is 29.8 Å². The molecule has 0 saturated carbocycles. The Hall–Kier alpha value is -1.04. The second kappa shape index (κ2) is 7.69. The molecule has 2 saturated heterocycles. The highest BCUT2D eigenvalue weighted by Crippen LogP contribution is 2.28. The first kappa shape index (κ1) is 16.8. The molecular weight excluding hydrogens is 308 g/mol. The Kier molecular flexibility index (Phi) is 5.62. The van der Waals surface area contributed by atoms with Crippen molar-refractivity contribution >= 4 is 23.4 Å². The summed E-state index contributed by atoms with van der Waals surface area (Å²) >= 11 is 1.80. The molecule has 2 aliphatic rings. The van der Waals surface area contributed by atoms with Crippen LogP contribution in [0.3, 0.4) is 0 Å². The number of benzene rings is 1. The van der Waals surface area contributed by atoms with E-state index in [9.17, 15) is 9.90 Å². The number of aliphatic hydroxyl groups is 1. The maximum atomic E-state index is 12.4. The van der Waals surface area contributed by atoms with Gasteiger partial charge in [-0.25, -0.2) is 0 Å². The van der Waals surface area contributed by atoms with E-state index < -0.39 is 5.60 Å². The van der Waals surface area contributed by atoms with Crippen LogP contribution in [-0.4, -0.2) is 52.7 Å². The molecule has 4 nitrogen and oxygen atoms in total. The number of amides is 1. The highest BCUT2D eigenvalue weighted by molar-refractivity contribution is 7.99. The zero-order valence-corrected chi connectivity index (χ0v) is 14.4. The van der Waals surface area contributed by atoms with Gasteiger partial charge in [-0.15, -0.1) is 0 Å². The van der Waals surface area contributed by atoms with Crippen LogP contribution in [0.2, 0.25) is 0 Å². The van der Waals surface area contributed by atoms with Crippen LogP contribution in [0.15, 0.2) is 24.3 Å². The summed E-state index contributed by atoms with van der Waals surface area (Å²) in [6, 6.07) is 8.03. The van der Waals surface area contributed by atoms with Gasteiger partial charge in [-0.1, -0.05) is 12.1 Å². The highest BCUT2D eigenvalue weighted by atomic mass is 32.2. The second-order valence-electron chi connectivity index (χ2n) is 6.60. The van der Waals surface area contributed by atoms with Crippen molar-refractivity contribution in [1.29, 1.82) is 0 Å². The summed E-state index contributed by atoms with van der Waals surface area (Å²) in [5, 5.41) is 13.4. The highest BCUT2D eigenvalue weighted by Gasteiger charge is 2.37. The van der Waals surface area contributed by atoms with E-state index in [1.165, 1.54) is 31.5 Å². The molecule has 2 aliphatic heterocycles. The minimum atomic E-state index is -1.20. The zero-order valence-electron chi connectivity index (χ0n) is 13.6. The van der Waals surface area contributed by atoms with E-state index in [0.717, 1.165) is 30.2 Å². The van der Waals surface area contributed by atoms with Gasteiger partial charge in [-0.3, -0.25) is 4.79 Å². The van der Waals surface area contributed by atoms with Gasteiger partial charge in [0.2, 0.25) is 0 Å². The van der Waals surface area contributed by atoms with Crippen molar-refractivity contribution < 1.29 is 9.90 Å². The van der Waals surface area contributed by atoms with Crippen molar-refractivity contribution in [3.63, 3.8) is 0 Å². The van der Waals surface area contributed by atoms with Crippen LogP contribution >= 0.6 is 11.8 Å². The lowest BCUT2D eigenvalue weighted by molar-refractivity contribution is -0.134. The lowest BCUT2D eigenvalue weighted by atomic mass is 9.95. The Morgan fingerprint density at radius 1 is 1.26 bits per heavy atom. The predicted molar refractivity (Wildman–Crippen MR) is 96.0 cm³/mol. The molecule has 2 fully saturated rings. The largest absolute Gasteiger partial charge is 0.380 e. The van der Waals surface area contributed by atoms with E-state index >= 15 is 0 Å². The molecule has 0 bridgehead atoms. The maximum absolute atomic E-state index is 12.4. The minimum absolute atomic E-state index is 0.255. The summed E-state index contributed by atoms with van der Waals surface area (Å²) in [4.78, 5) is 14.9. The third-order valence-corrected chi connectivity index (χ3v) is 5.83. The van der Waals surface area contributed by atoms with Crippen LogP contribution in [-0.2, 0) is 11.2 Å². The van der Waals surface area contributed by atoms with Gasteiger partial charge in [-0.05, 0) is 74.4 Å². The number of hydrogen-bond donors (Lipinski definition) is 2. The van der Waals surface area contributed by atoms with Crippen LogP contribution in [0.25, 0.3) is 0 Å². The molecule has 0 radical (unpaired) electrons. The van der Waals surface area contributed by atoms with Crippen molar-refractivity contribution in [2.75, 3.05) is 36.5 Å². The Morgan fingerprint density at radius 2 is 2.00 bits per heavy atom. The van der Waals surface area contributed by atoms with Crippen molar-refractivity contribution in [1.82, 2.24) is 4.90 Å². The van der Waals surface area contributed by atoms with Crippen LogP contribution in [0.4, 0.5) is 5.69 Å². The monoisotopic (exact) mass is 334 g/mol. The SMILES string of the molecule is O=C(Nc1cccc(CCN2CCCC2)c1)C1(O)CCSCC1. The maximum Gasteiger partial charge on any atom is 0.256 e. The molecular formula is C18H26N2O2S. The van der Waals surface area contributed by atoms with Gasteiger partial charge >= 0.3 is 0 Å². The standard InChI is InChI=1S/C18H26N2O2S/c21-17(18(22)7-12-23-13-8-18)19-16-5-3-4-15(14-16)6-11-20-9-1-2-10-20/h3-5,14,22H,1-2,6-13H2,(H,19,21). The molecule has 5 heteroatoms. The second-order valence-corrected chi connectivity index (χ2v) is 7.82. The average Bonchev–Trinajstić information content (AvgIpc) is 3.07. The van der Waals surface area contributed by atoms with E-state index in [1.807, 2.05) is 18.2 Å². The van der Waals surface area contributed by atoms with Crippen LogP contribution < -0.4 is 5.32 Å². The van der Waals surface area contributed by atoms with Gasteiger partial charge in [0, 0.05) is 12.2 Å². The quantitative estimate of drug-likeness (QED) is 0.869. The number of thioether (sulfide) groups is 1. The van der Waals surface area contributed by atoms with Gasteiger partial charge in [-0.2, -0.15) is 11.8 Å². The smallest absolute Gasteiger partial charge is 0.256 e. The number of hydrogen-bond acceptors (Lipinski definition) is 4. The van der Waals surface area contributed by atoms with E-state index in [0.29, 0.717) is 12.8 Å². The normalized spacial score (nSPS) is 21.3. The Labute approximate surface area is 142 Å². The Morgan fingerprint density at radius 3 is 2.74 bits per heavy atom. The third kappa shape index (κ3) is 4.49. The van der Waals surface area contributed by atoms with Gasteiger partial charge in [0.1, 0.15) is 5.60 Å².